The Kier molecular flexibility index (Phi) is 11.0. The van der Waals surface area contributed by atoms with Gasteiger partial charge in [0.1, 0.15) is 11.5 Å². The zero-order valence-electron chi connectivity index (χ0n) is 29.3. The fraction of sp³-hybridized carbons (Fsp3) is 0.361. The van der Waals surface area contributed by atoms with Crippen molar-refractivity contribution < 1.29 is 27.5 Å². The molecule has 0 aliphatic carbocycles. The number of hydrogen-bond donors (Lipinski definition) is 4. The topological polar surface area (TPSA) is 154 Å². The number of benzene rings is 3. The molecular weight excluding hydrogens is 659 g/mol. The lowest BCUT2D eigenvalue weighted by Gasteiger charge is -2.34. The number of nitrogens with one attached hydrogen (secondary N) is 4. The summed E-state index contributed by atoms with van der Waals surface area (Å²) in [7, 11) is -2.21. The van der Waals surface area contributed by atoms with E-state index in [0.717, 1.165) is 41.4 Å². The number of hydrogen-bond acceptors (Lipinski definition) is 8. The van der Waals surface area contributed by atoms with Crippen LogP contribution in [0, 0.1) is 0 Å². The van der Waals surface area contributed by atoms with E-state index in [1.807, 2.05) is 62.9 Å². The van der Waals surface area contributed by atoms with Crippen LogP contribution in [-0.2, 0) is 22.0 Å². The van der Waals surface area contributed by atoms with Crippen LogP contribution in [0.3, 0.4) is 0 Å². The maximum atomic E-state index is 13.4. The molecule has 1 aromatic heterocycles. The first-order valence-electron chi connectivity index (χ1n) is 16.4. The van der Waals surface area contributed by atoms with E-state index in [1.54, 1.807) is 36.5 Å². The van der Waals surface area contributed by atoms with Gasteiger partial charge in [-0.3, -0.25) is 14.6 Å². The molecule has 50 heavy (non-hydrogen) atoms. The summed E-state index contributed by atoms with van der Waals surface area (Å²) in [5.74, 6) is 1.42. The van der Waals surface area contributed by atoms with Crippen LogP contribution in [0.15, 0.2) is 66.9 Å². The molecule has 5 rings (SSSR count). The average molecular weight is 704 g/mol. The molecule has 1 saturated heterocycles. The Balaban J connectivity index is 1.32. The molecule has 1 aliphatic heterocycles. The number of nitrogens with zero attached hydrogens (tertiary/aromatic N) is 3. The summed E-state index contributed by atoms with van der Waals surface area (Å²) < 4.78 is 38.6. The van der Waals surface area contributed by atoms with Crippen LogP contribution < -0.4 is 30.1 Å². The molecule has 266 valence electrons. The zero-order chi connectivity index (χ0) is 36.1. The third-order valence-corrected chi connectivity index (χ3v) is 8.81. The quantitative estimate of drug-likeness (QED) is 0.152. The van der Waals surface area contributed by atoms with E-state index in [1.165, 1.54) is 7.11 Å². The van der Waals surface area contributed by atoms with Gasteiger partial charge in [0.15, 0.2) is 5.75 Å². The van der Waals surface area contributed by atoms with Gasteiger partial charge < -0.3 is 30.3 Å². The number of sulfonamides is 1. The number of carbonyl (C=O) groups excluding carboxylic acids is 2. The number of aromatic nitrogens is 1. The third-order valence-electron chi connectivity index (χ3n) is 8.22. The van der Waals surface area contributed by atoms with E-state index in [9.17, 15) is 18.0 Å². The molecule has 13 nitrogen and oxygen atoms in total. The third kappa shape index (κ3) is 9.12. The predicted octanol–water partition coefficient (Wildman–Crippen LogP) is 6.20. The summed E-state index contributed by atoms with van der Waals surface area (Å²) in [5, 5.41) is 10.2. The SMILES string of the molecule is CCNC(=O)N1CCN(Cc2cc(Oc3ccc(NC(=O)Nc4cc(C(C)(C)C)cc(NS(C)(=O)=O)c4OC)c4ccccc34)ccn2)CC1. The smallest absolute Gasteiger partial charge is 0.323 e. The number of amides is 4. The molecule has 4 N–H and O–H groups in total. The molecule has 0 spiro atoms. The maximum absolute atomic E-state index is 13.4. The molecule has 4 aromatic rings. The van der Waals surface area contributed by atoms with Crippen molar-refractivity contribution in [3.05, 3.63) is 78.1 Å². The van der Waals surface area contributed by atoms with Gasteiger partial charge in [0, 0.05) is 62.3 Å². The number of methoxy groups -OCH3 is 1. The molecule has 4 amide bonds. The van der Waals surface area contributed by atoms with Crippen molar-refractivity contribution in [2.75, 3.05) is 61.4 Å². The molecule has 0 atom stereocenters. The van der Waals surface area contributed by atoms with Gasteiger partial charge in [-0.2, -0.15) is 0 Å². The monoisotopic (exact) mass is 703 g/mol. The van der Waals surface area contributed by atoms with E-state index < -0.39 is 16.1 Å². The molecule has 0 saturated carbocycles. The van der Waals surface area contributed by atoms with Crippen molar-refractivity contribution in [3.63, 3.8) is 0 Å². The Bertz CT molecular complexity index is 1970. The minimum Gasteiger partial charge on any atom is -0.492 e. The highest BCUT2D eigenvalue weighted by atomic mass is 32.2. The van der Waals surface area contributed by atoms with Crippen LogP contribution in [0.4, 0.5) is 26.7 Å². The van der Waals surface area contributed by atoms with Crippen molar-refractivity contribution in [2.24, 2.45) is 0 Å². The van der Waals surface area contributed by atoms with E-state index in [0.29, 0.717) is 49.1 Å². The highest BCUT2D eigenvalue weighted by Crippen LogP contribution is 2.40. The van der Waals surface area contributed by atoms with Crippen molar-refractivity contribution in [1.82, 2.24) is 20.1 Å². The first-order chi connectivity index (χ1) is 23.7. The van der Waals surface area contributed by atoms with Crippen molar-refractivity contribution >= 4 is 49.9 Å². The van der Waals surface area contributed by atoms with Crippen LogP contribution in [0.2, 0.25) is 0 Å². The number of fused-ring (bicyclic) bond motifs is 1. The van der Waals surface area contributed by atoms with Crippen molar-refractivity contribution in [2.45, 2.75) is 39.7 Å². The lowest BCUT2D eigenvalue weighted by molar-refractivity contribution is 0.135. The van der Waals surface area contributed by atoms with Gasteiger partial charge in [0.05, 0.1) is 36.1 Å². The van der Waals surface area contributed by atoms with Crippen LogP contribution in [0.25, 0.3) is 10.8 Å². The van der Waals surface area contributed by atoms with Crippen LogP contribution >= 0.6 is 0 Å². The van der Waals surface area contributed by atoms with Crippen molar-refractivity contribution in [1.29, 1.82) is 0 Å². The highest BCUT2D eigenvalue weighted by Gasteiger charge is 2.23. The lowest BCUT2D eigenvalue weighted by Crippen LogP contribution is -2.51. The number of piperazine rings is 1. The number of urea groups is 2. The van der Waals surface area contributed by atoms with Crippen LogP contribution in [0.1, 0.15) is 39.0 Å². The van der Waals surface area contributed by atoms with Crippen molar-refractivity contribution in [3.8, 4) is 17.2 Å². The second-order valence-corrected chi connectivity index (χ2v) is 14.9. The summed E-state index contributed by atoms with van der Waals surface area (Å²) in [6.45, 7) is 11.9. The number of pyridine rings is 1. The highest BCUT2D eigenvalue weighted by molar-refractivity contribution is 7.92. The van der Waals surface area contributed by atoms with Gasteiger partial charge in [-0.05, 0) is 48.2 Å². The molecular formula is C36H45N7O6S. The number of anilines is 3. The first-order valence-corrected chi connectivity index (χ1v) is 18.3. The number of ether oxygens (including phenoxy) is 2. The average Bonchev–Trinajstić information content (AvgIpc) is 3.05. The number of rotatable bonds is 10. The molecule has 2 heterocycles. The standard InChI is InChI=1S/C36H45N7O6S/c1-7-37-35(45)43-18-16-42(17-19-43)23-25-22-26(14-15-38-25)49-32-13-12-29(27-10-8-9-11-28(27)32)39-34(44)40-30-20-24(36(2,3)4)21-31(33(30)48-5)41-50(6,46)47/h8-15,20-22,41H,7,16-19,23H2,1-6H3,(H,37,45)(H2,39,40,44). The molecule has 0 bridgehead atoms. The molecule has 0 unspecified atom stereocenters. The second kappa shape index (κ2) is 15.2. The summed E-state index contributed by atoms with van der Waals surface area (Å²) in [5.41, 5.74) is 2.39. The first kappa shape index (κ1) is 36.2. The molecule has 0 radical (unpaired) electrons. The summed E-state index contributed by atoms with van der Waals surface area (Å²) in [6.07, 6.45) is 2.78. The normalized spacial score (nSPS) is 13.8. The van der Waals surface area contributed by atoms with E-state index >= 15 is 0 Å². The number of carbonyl (C=O) groups is 2. The van der Waals surface area contributed by atoms with E-state index in [4.69, 9.17) is 9.47 Å². The summed E-state index contributed by atoms with van der Waals surface area (Å²) in [6, 6.07) is 17.8. The minimum absolute atomic E-state index is 0.0288. The Morgan fingerprint density at radius 1 is 0.900 bits per heavy atom. The van der Waals surface area contributed by atoms with Crippen LogP contribution in [0.5, 0.6) is 17.2 Å². The molecule has 1 fully saturated rings. The molecule has 3 aromatic carbocycles. The summed E-state index contributed by atoms with van der Waals surface area (Å²) in [4.78, 5) is 34.2. The predicted molar refractivity (Wildman–Crippen MR) is 197 cm³/mol. The summed E-state index contributed by atoms with van der Waals surface area (Å²) >= 11 is 0. The Labute approximate surface area is 293 Å². The van der Waals surface area contributed by atoms with Crippen LogP contribution in [-0.4, -0.2) is 81.4 Å². The lowest BCUT2D eigenvalue weighted by atomic mass is 9.86. The van der Waals surface area contributed by atoms with Gasteiger partial charge in [0.2, 0.25) is 10.0 Å². The van der Waals surface area contributed by atoms with Gasteiger partial charge in [0.25, 0.3) is 0 Å². The second-order valence-electron chi connectivity index (χ2n) is 13.1. The fourth-order valence-electron chi connectivity index (χ4n) is 5.73. The minimum atomic E-state index is -3.62. The Hall–Kier alpha value is -5.08. The zero-order valence-corrected chi connectivity index (χ0v) is 30.1. The van der Waals surface area contributed by atoms with E-state index in [-0.39, 0.29) is 22.9 Å². The van der Waals surface area contributed by atoms with Gasteiger partial charge >= 0.3 is 12.1 Å². The van der Waals surface area contributed by atoms with Gasteiger partial charge in [-0.15, -0.1) is 0 Å². The maximum Gasteiger partial charge on any atom is 0.323 e. The molecule has 1 aliphatic rings. The molecule has 14 heteroatoms. The van der Waals surface area contributed by atoms with E-state index in [2.05, 4.69) is 30.6 Å². The largest absolute Gasteiger partial charge is 0.492 e. The Morgan fingerprint density at radius 2 is 1.58 bits per heavy atom. The van der Waals surface area contributed by atoms with Gasteiger partial charge in [-0.25, -0.2) is 18.0 Å². The Morgan fingerprint density at radius 3 is 2.24 bits per heavy atom. The fourth-order valence-corrected chi connectivity index (χ4v) is 6.28. The van der Waals surface area contributed by atoms with Gasteiger partial charge in [-0.1, -0.05) is 45.0 Å².